The van der Waals surface area contributed by atoms with Crippen molar-refractivity contribution >= 4 is 28.7 Å². The van der Waals surface area contributed by atoms with Crippen LogP contribution in [0.3, 0.4) is 0 Å². The maximum absolute atomic E-state index is 13.0. The Morgan fingerprint density at radius 3 is 2.47 bits per heavy atom. The van der Waals surface area contributed by atoms with Crippen LogP contribution in [0.2, 0.25) is 0 Å². The number of carbonyl (C=O) groups excluding carboxylic acids is 3. The Balaban J connectivity index is 1.32. The number of amides is 4. The van der Waals surface area contributed by atoms with E-state index in [-0.39, 0.29) is 18.0 Å². The van der Waals surface area contributed by atoms with Gasteiger partial charge in [0.1, 0.15) is 11.4 Å². The predicted octanol–water partition coefficient (Wildman–Crippen LogP) is 2.68. The van der Waals surface area contributed by atoms with Gasteiger partial charge in [0.05, 0.1) is 16.6 Å². The van der Waals surface area contributed by atoms with Crippen molar-refractivity contribution in [1.82, 2.24) is 25.5 Å². The van der Waals surface area contributed by atoms with E-state index in [1.807, 2.05) is 12.1 Å². The Morgan fingerprint density at radius 2 is 1.75 bits per heavy atom. The van der Waals surface area contributed by atoms with Gasteiger partial charge in [0.15, 0.2) is 0 Å². The van der Waals surface area contributed by atoms with Gasteiger partial charge in [0.2, 0.25) is 0 Å². The van der Waals surface area contributed by atoms with E-state index in [1.54, 1.807) is 74.5 Å². The van der Waals surface area contributed by atoms with E-state index in [0.29, 0.717) is 33.5 Å². The number of aryl methyl sites for hydroxylation is 1. The molecule has 9 nitrogen and oxygen atoms in total. The highest BCUT2D eigenvalue weighted by atomic mass is 16.2. The average molecular weight is 482 g/mol. The molecule has 36 heavy (non-hydrogen) atoms. The number of nitrogens with one attached hydrogen (secondary N) is 3. The fourth-order valence-electron chi connectivity index (χ4n) is 4.33. The Labute approximate surface area is 206 Å². The van der Waals surface area contributed by atoms with E-state index < -0.39 is 17.5 Å². The molecule has 1 atom stereocenters. The van der Waals surface area contributed by atoms with Crippen LogP contribution in [-0.2, 0) is 16.9 Å². The summed E-state index contributed by atoms with van der Waals surface area (Å²) in [6, 6.07) is 20.5. The summed E-state index contributed by atoms with van der Waals surface area (Å²) in [6.07, 6.45) is 0. The topological polar surface area (TPSA) is 122 Å². The first-order chi connectivity index (χ1) is 17.3. The second-order valence-electron chi connectivity index (χ2n) is 8.78. The van der Waals surface area contributed by atoms with Crippen LogP contribution >= 0.6 is 0 Å². The van der Waals surface area contributed by atoms with Crippen LogP contribution in [-0.4, -0.2) is 27.4 Å². The van der Waals surface area contributed by atoms with Crippen molar-refractivity contribution in [2.24, 2.45) is 0 Å². The smallest absolute Gasteiger partial charge is 0.322 e. The number of para-hydroxylation sites is 1. The number of benzene rings is 3. The lowest BCUT2D eigenvalue weighted by Gasteiger charge is -2.21. The highest BCUT2D eigenvalue weighted by Crippen LogP contribution is 2.25. The van der Waals surface area contributed by atoms with Gasteiger partial charge in [0, 0.05) is 12.1 Å². The maximum Gasteiger partial charge on any atom is 0.322 e. The summed E-state index contributed by atoms with van der Waals surface area (Å²) >= 11 is 0. The van der Waals surface area contributed by atoms with Gasteiger partial charge in [-0.05, 0) is 61.4 Å². The number of nitrogens with zero attached hydrogens (tertiary/aromatic N) is 2. The first-order valence-corrected chi connectivity index (χ1v) is 11.4. The molecule has 0 aliphatic carbocycles. The molecule has 2 heterocycles. The summed E-state index contributed by atoms with van der Waals surface area (Å²) in [4.78, 5) is 54.1. The molecule has 0 bridgehead atoms. The van der Waals surface area contributed by atoms with Gasteiger partial charge in [0.25, 0.3) is 17.4 Å². The van der Waals surface area contributed by atoms with Crippen molar-refractivity contribution in [2.45, 2.75) is 25.9 Å². The number of rotatable bonds is 5. The Morgan fingerprint density at radius 1 is 1.00 bits per heavy atom. The quantitative estimate of drug-likeness (QED) is 0.379. The van der Waals surface area contributed by atoms with Gasteiger partial charge in [-0.25, -0.2) is 9.78 Å². The van der Waals surface area contributed by atoms with Gasteiger partial charge in [-0.3, -0.25) is 24.3 Å². The Kier molecular flexibility index (Phi) is 5.60. The molecule has 0 saturated carbocycles. The summed E-state index contributed by atoms with van der Waals surface area (Å²) in [5, 5.41) is 8.27. The summed E-state index contributed by atoms with van der Waals surface area (Å²) < 4.78 is 1.52. The standard InChI is InChI=1S/C27H23N5O4/c1-16-29-22-9-4-3-8-21(22)24(34)32(16)20-12-10-18(11-13-20)23(33)28-15-17-6-5-7-19(14-17)27(2)25(35)30-26(36)31-27/h3-14H,15H2,1-2H3,(H,28,33)(H2,30,31,35,36). The second kappa shape index (κ2) is 8.77. The maximum atomic E-state index is 13.0. The summed E-state index contributed by atoms with van der Waals surface area (Å²) in [5.41, 5.74) is 1.75. The molecule has 1 aliphatic heterocycles. The van der Waals surface area contributed by atoms with E-state index in [9.17, 15) is 19.2 Å². The summed E-state index contributed by atoms with van der Waals surface area (Å²) in [7, 11) is 0. The molecule has 4 amide bonds. The molecule has 1 fully saturated rings. The van der Waals surface area contributed by atoms with Crippen molar-refractivity contribution in [2.75, 3.05) is 0 Å². The minimum Gasteiger partial charge on any atom is -0.348 e. The zero-order valence-electron chi connectivity index (χ0n) is 19.7. The molecule has 180 valence electrons. The average Bonchev–Trinajstić information content (AvgIpc) is 3.15. The fraction of sp³-hybridized carbons (Fsp3) is 0.148. The van der Waals surface area contributed by atoms with Crippen molar-refractivity contribution in [3.63, 3.8) is 0 Å². The number of urea groups is 1. The van der Waals surface area contributed by atoms with E-state index in [0.717, 1.165) is 5.56 Å². The molecular formula is C27H23N5O4. The third-order valence-electron chi connectivity index (χ3n) is 6.33. The van der Waals surface area contributed by atoms with Crippen molar-refractivity contribution in [1.29, 1.82) is 0 Å². The first-order valence-electron chi connectivity index (χ1n) is 11.4. The molecule has 1 unspecified atom stereocenters. The fourth-order valence-corrected chi connectivity index (χ4v) is 4.33. The lowest BCUT2D eigenvalue weighted by molar-refractivity contribution is -0.123. The second-order valence-corrected chi connectivity index (χ2v) is 8.78. The minimum absolute atomic E-state index is 0.170. The molecule has 1 aromatic heterocycles. The zero-order valence-corrected chi connectivity index (χ0v) is 19.7. The van der Waals surface area contributed by atoms with Crippen LogP contribution in [0.1, 0.15) is 34.2 Å². The molecular weight excluding hydrogens is 458 g/mol. The van der Waals surface area contributed by atoms with Gasteiger partial charge in [-0.15, -0.1) is 0 Å². The molecule has 1 aliphatic rings. The van der Waals surface area contributed by atoms with E-state index in [1.165, 1.54) is 4.57 Å². The van der Waals surface area contributed by atoms with Gasteiger partial charge >= 0.3 is 6.03 Å². The van der Waals surface area contributed by atoms with E-state index >= 15 is 0 Å². The molecule has 9 heteroatoms. The Bertz CT molecular complexity index is 1590. The third-order valence-corrected chi connectivity index (χ3v) is 6.33. The largest absolute Gasteiger partial charge is 0.348 e. The van der Waals surface area contributed by atoms with Gasteiger partial charge < -0.3 is 10.6 Å². The number of fused-ring (bicyclic) bond motifs is 1. The first kappa shape index (κ1) is 23.0. The molecule has 5 rings (SSSR count). The number of imide groups is 1. The summed E-state index contributed by atoms with van der Waals surface area (Å²) in [6.45, 7) is 3.63. The minimum atomic E-state index is -1.17. The lowest BCUT2D eigenvalue weighted by atomic mass is 9.91. The van der Waals surface area contributed by atoms with Crippen LogP contribution in [0, 0.1) is 6.92 Å². The molecule has 3 N–H and O–H groups in total. The van der Waals surface area contributed by atoms with Crippen LogP contribution < -0.4 is 21.5 Å². The van der Waals surface area contributed by atoms with Crippen LogP contribution in [0.25, 0.3) is 16.6 Å². The van der Waals surface area contributed by atoms with Gasteiger partial charge in [-0.1, -0.05) is 36.4 Å². The van der Waals surface area contributed by atoms with Crippen LogP contribution in [0.15, 0.2) is 77.6 Å². The highest BCUT2D eigenvalue weighted by Gasteiger charge is 2.43. The van der Waals surface area contributed by atoms with Crippen molar-refractivity contribution in [3.05, 3.63) is 106 Å². The molecule has 4 aromatic rings. The van der Waals surface area contributed by atoms with Crippen LogP contribution in [0.5, 0.6) is 0 Å². The zero-order chi connectivity index (χ0) is 25.4. The number of hydrogen-bond donors (Lipinski definition) is 3. The molecule has 1 saturated heterocycles. The molecule has 3 aromatic carbocycles. The number of aromatic nitrogens is 2. The summed E-state index contributed by atoms with van der Waals surface area (Å²) in [5.74, 6) is -0.160. The SMILES string of the molecule is Cc1nc2ccccc2c(=O)n1-c1ccc(C(=O)NCc2cccc(C3(C)NC(=O)NC3=O)c2)cc1. The van der Waals surface area contributed by atoms with Crippen molar-refractivity contribution < 1.29 is 14.4 Å². The van der Waals surface area contributed by atoms with Crippen LogP contribution in [0.4, 0.5) is 4.79 Å². The molecule has 0 spiro atoms. The predicted molar refractivity (Wildman–Crippen MR) is 134 cm³/mol. The normalized spacial score (nSPS) is 17.1. The Hall–Kier alpha value is -4.79. The highest BCUT2D eigenvalue weighted by molar-refractivity contribution is 6.07. The number of hydrogen-bond acceptors (Lipinski definition) is 5. The lowest BCUT2D eigenvalue weighted by Crippen LogP contribution is -2.40. The van der Waals surface area contributed by atoms with Gasteiger partial charge in [-0.2, -0.15) is 0 Å². The number of carbonyl (C=O) groups is 3. The monoisotopic (exact) mass is 481 g/mol. The van der Waals surface area contributed by atoms with Crippen molar-refractivity contribution in [3.8, 4) is 5.69 Å². The third kappa shape index (κ3) is 4.00. The van der Waals surface area contributed by atoms with E-state index in [4.69, 9.17) is 0 Å². The molecule has 0 radical (unpaired) electrons. The van der Waals surface area contributed by atoms with E-state index in [2.05, 4.69) is 20.9 Å².